The first kappa shape index (κ1) is 16.4. The predicted octanol–water partition coefficient (Wildman–Crippen LogP) is 3.35. The molecule has 0 saturated heterocycles. The highest BCUT2D eigenvalue weighted by Gasteiger charge is 2.16. The van der Waals surface area contributed by atoms with Gasteiger partial charge in [-0.3, -0.25) is 4.79 Å². The number of carbonyl (C=O) groups excluding carboxylic acids is 2. The van der Waals surface area contributed by atoms with Gasteiger partial charge in [0.05, 0.1) is 19.6 Å². The summed E-state index contributed by atoms with van der Waals surface area (Å²) in [5, 5.41) is 0. The molecule has 0 fully saturated rings. The molecule has 20 heavy (non-hydrogen) atoms. The Kier molecular flexibility index (Phi) is 7.01. The Hall–Kier alpha value is -1.62. The van der Waals surface area contributed by atoms with Gasteiger partial charge in [0.1, 0.15) is 0 Å². The summed E-state index contributed by atoms with van der Waals surface area (Å²) in [6.45, 7) is 3.98. The van der Waals surface area contributed by atoms with Gasteiger partial charge in [-0.05, 0) is 31.6 Å². The second-order valence-electron chi connectivity index (χ2n) is 3.89. The lowest BCUT2D eigenvalue weighted by atomic mass is 10.1. The largest absolute Gasteiger partial charge is 0.466 e. The molecule has 0 bridgehead atoms. The Bertz CT molecular complexity index is 508. The van der Waals surface area contributed by atoms with E-state index in [0.717, 1.165) is 10.0 Å². The van der Waals surface area contributed by atoms with Crippen molar-refractivity contribution in [3.05, 3.63) is 39.9 Å². The quantitative estimate of drug-likeness (QED) is 0.588. The van der Waals surface area contributed by atoms with Crippen molar-refractivity contribution in [1.82, 2.24) is 0 Å². The molecule has 0 aliphatic heterocycles. The van der Waals surface area contributed by atoms with E-state index in [-0.39, 0.29) is 25.2 Å². The fourth-order valence-corrected chi connectivity index (χ4v) is 1.95. The minimum absolute atomic E-state index is 0.103. The molecule has 0 N–H and O–H groups in total. The van der Waals surface area contributed by atoms with Crippen molar-refractivity contribution in [1.29, 1.82) is 0 Å². The maximum absolute atomic E-state index is 11.9. The summed E-state index contributed by atoms with van der Waals surface area (Å²) in [5.41, 5.74) is 1.08. The predicted molar refractivity (Wildman–Crippen MR) is 80.0 cm³/mol. The van der Waals surface area contributed by atoms with Crippen LogP contribution in [0.3, 0.4) is 0 Å². The van der Waals surface area contributed by atoms with Crippen LogP contribution in [0.5, 0.6) is 0 Å². The van der Waals surface area contributed by atoms with Crippen molar-refractivity contribution < 1.29 is 19.1 Å². The van der Waals surface area contributed by atoms with Crippen LogP contribution in [-0.2, 0) is 19.1 Å². The second kappa shape index (κ2) is 8.53. The Morgan fingerprint density at radius 1 is 1.15 bits per heavy atom. The molecule has 1 aromatic carbocycles. The summed E-state index contributed by atoms with van der Waals surface area (Å²) < 4.78 is 10.7. The first-order chi connectivity index (χ1) is 9.58. The average Bonchev–Trinajstić information content (AvgIpc) is 2.41. The number of rotatable bonds is 6. The molecule has 4 nitrogen and oxygen atoms in total. The van der Waals surface area contributed by atoms with Gasteiger partial charge in [-0.2, -0.15) is 0 Å². The monoisotopic (exact) mass is 340 g/mol. The summed E-state index contributed by atoms with van der Waals surface area (Å²) >= 11 is 3.40. The zero-order chi connectivity index (χ0) is 15.0. The lowest BCUT2D eigenvalue weighted by Crippen LogP contribution is -2.13. The molecule has 1 rings (SSSR count). The van der Waals surface area contributed by atoms with Gasteiger partial charge in [-0.15, -0.1) is 0 Å². The number of hydrogen-bond acceptors (Lipinski definition) is 4. The van der Waals surface area contributed by atoms with E-state index in [1.54, 1.807) is 19.9 Å². The van der Waals surface area contributed by atoms with Crippen LogP contribution in [0, 0.1) is 0 Å². The molecule has 0 radical (unpaired) electrons. The number of halogens is 1. The van der Waals surface area contributed by atoms with Gasteiger partial charge in [0.15, 0.2) is 0 Å². The molecule has 0 amide bonds. The van der Waals surface area contributed by atoms with Crippen LogP contribution in [0.15, 0.2) is 34.3 Å². The Morgan fingerprint density at radius 3 is 2.40 bits per heavy atom. The highest BCUT2D eigenvalue weighted by atomic mass is 79.9. The fraction of sp³-hybridized carbons (Fsp3) is 0.333. The average molecular weight is 341 g/mol. The highest BCUT2D eigenvalue weighted by Crippen LogP contribution is 2.20. The van der Waals surface area contributed by atoms with Gasteiger partial charge in [-0.1, -0.05) is 34.1 Å². The molecule has 0 aliphatic rings. The number of benzene rings is 1. The molecule has 0 atom stereocenters. The van der Waals surface area contributed by atoms with Crippen molar-refractivity contribution in [3.63, 3.8) is 0 Å². The molecule has 0 aromatic heterocycles. The Morgan fingerprint density at radius 2 is 1.80 bits per heavy atom. The molecule has 0 heterocycles. The molecular weight excluding hydrogens is 324 g/mol. The first-order valence-corrected chi connectivity index (χ1v) is 7.15. The maximum Gasteiger partial charge on any atom is 0.334 e. The summed E-state index contributed by atoms with van der Waals surface area (Å²) in [6, 6.07) is 7.42. The van der Waals surface area contributed by atoms with Crippen LogP contribution < -0.4 is 0 Å². The van der Waals surface area contributed by atoms with Crippen molar-refractivity contribution in [2.24, 2.45) is 0 Å². The lowest BCUT2D eigenvalue weighted by Gasteiger charge is -2.07. The van der Waals surface area contributed by atoms with Gasteiger partial charge in [0, 0.05) is 10.0 Å². The summed E-state index contributed by atoms with van der Waals surface area (Å²) in [7, 11) is 0. The van der Waals surface area contributed by atoms with Crippen LogP contribution in [0.2, 0.25) is 0 Å². The van der Waals surface area contributed by atoms with Gasteiger partial charge in [-0.25, -0.2) is 4.79 Å². The van der Waals surface area contributed by atoms with Crippen molar-refractivity contribution in [3.8, 4) is 0 Å². The Balaban J connectivity index is 3.00. The standard InChI is InChI=1S/C15H17BrO4/c1-3-19-14(17)10-12(15(18)20-4-2)9-11-7-5-6-8-13(11)16/h5-9H,3-4,10H2,1-2H3. The molecule has 0 unspecified atom stereocenters. The minimum Gasteiger partial charge on any atom is -0.466 e. The molecule has 108 valence electrons. The molecule has 0 spiro atoms. The van der Waals surface area contributed by atoms with Crippen LogP contribution in [0.4, 0.5) is 0 Å². The number of ether oxygens (including phenoxy) is 2. The smallest absolute Gasteiger partial charge is 0.334 e. The minimum atomic E-state index is -0.503. The van der Waals surface area contributed by atoms with E-state index in [4.69, 9.17) is 9.47 Å². The van der Waals surface area contributed by atoms with Crippen LogP contribution in [-0.4, -0.2) is 25.2 Å². The van der Waals surface area contributed by atoms with E-state index in [2.05, 4.69) is 15.9 Å². The normalized spacial score (nSPS) is 11.1. The molecule has 1 aromatic rings. The first-order valence-electron chi connectivity index (χ1n) is 6.36. The van der Waals surface area contributed by atoms with Crippen LogP contribution in [0.1, 0.15) is 25.8 Å². The zero-order valence-electron chi connectivity index (χ0n) is 11.5. The van der Waals surface area contributed by atoms with Gasteiger partial charge < -0.3 is 9.47 Å². The van der Waals surface area contributed by atoms with Gasteiger partial charge >= 0.3 is 11.9 Å². The lowest BCUT2D eigenvalue weighted by molar-refractivity contribution is -0.145. The third kappa shape index (κ3) is 5.17. The Labute approximate surface area is 126 Å². The van der Waals surface area contributed by atoms with E-state index < -0.39 is 11.9 Å². The zero-order valence-corrected chi connectivity index (χ0v) is 13.1. The third-order valence-corrected chi connectivity index (χ3v) is 3.13. The summed E-state index contributed by atoms with van der Waals surface area (Å²) in [6.07, 6.45) is 1.53. The summed E-state index contributed by atoms with van der Waals surface area (Å²) in [5.74, 6) is -0.949. The van der Waals surface area contributed by atoms with E-state index in [0.29, 0.717) is 0 Å². The highest BCUT2D eigenvalue weighted by molar-refractivity contribution is 9.10. The van der Waals surface area contributed by atoms with Crippen LogP contribution in [0.25, 0.3) is 6.08 Å². The molecular formula is C15H17BrO4. The number of carbonyl (C=O) groups is 2. The SMILES string of the molecule is CCOC(=O)CC(=Cc1ccccc1Br)C(=O)OCC. The van der Waals surface area contributed by atoms with E-state index in [1.165, 1.54) is 0 Å². The summed E-state index contributed by atoms with van der Waals surface area (Å²) in [4.78, 5) is 23.4. The molecule has 5 heteroatoms. The van der Waals surface area contributed by atoms with E-state index in [9.17, 15) is 9.59 Å². The van der Waals surface area contributed by atoms with E-state index >= 15 is 0 Å². The van der Waals surface area contributed by atoms with Crippen molar-refractivity contribution in [2.45, 2.75) is 20.3 Å². The topological polar surface area (TPSA) is 52.6 Å². The third-order valence-electron chi connectivity index (χ3n) is 2.41. The fourth-order valence-electron chi connectivity index (χ4n) is 1.55. The number of esters is 2. The maximum atomic E-state index is 11.9. The second-order valence-corrected chi connectivity index (χ2v) is 4.75. The van der Waals surface area contributed by atoms with Gasteiger partial charge in [0.25, 0.3) is 0 Å². The van der Waals surface area contributed by atoms with Crippen LogP contribution >= 0.6 is 15.9 Å². The van der Waals surface area contributed by atoms with Crippen molar-refractivity contribution in [2.75, 3.05) is 13.2 Å². The van der Waals surface area contributed by atoms with Crippen molar-refractivity contribution >= 4 is 33.9 Å². The number of hydrogen-bond donors (Lipinski definition) is 0. The van der Waals surface area contributed by atoms with E-state index in [1.807, 2.05) is 24.3 Å². The molecule has 0 aliphatic carbocycles. The molecule has 0 saturated carbocycles. The van der Waals surface area contributed by atoms with Gasteiger partial charge in [0.2, 0.25) is 0 Å².